The van der Waals surface area contributed by atoms with E-state index >= 15 is 0 Å². The predicted octanol–water partition coefficient (Wildman–Crippen LogP) is 16.0. The van der Waals surface area contributed by atoms with Crippen molar-refractivity contribution in [1.29, 1.82) is 0 Å². The molecule has 0 bridgehead atoms. The molecule has 3 aromatic heterocycles. The highest BCUT2D eigenvalue weighted by molar-refractivity contribution is 14.1. The molecule has 6 aromatic carbocycles. The number of aliphatic hydroxyl groups excluding tert-OH is 1. The maximum atomic E-state index is 13.8. The lowest BCUT2D eigenvalue weighted by atomic mass is 9.75. The van der Waals surface area contributed by atoms with Gasteiger partial charge in [-0.2, -0.15) is 54.8 Å². The van der Waals surface area contributed by atoms with Crippen molar-refractivity contribution in [2.45, 2.75) is 105 Å². The molecule has 12 rings (SSSR count). The molecular formula is C70H62F9I3N12O7. The molecule has 528 valence electrons. The van der Waals surface area contributed by atoms with Gasteiger partial charge in [-0.3, -0.25) is 28.8 Å². The number of rotatable bonds is 13. The number of nitrogens with zero attached hydrogens (tertiary/aromatic N) is 6. The predicted molar refractivity (Wildman–Crippen MR) is 384 cm³/mol. The minimum absolute atomic E-state index is 0.00893. The van der Waals surface area contributed by atoms with Crippen molar-refractivity contribution in [2.24, 2.45) is 33.4 Å². The summed E-state index contributed by atoms with van der Waals surface area (Å²) in [6, 6.07) is 33.0. The number of aliphatic hydroxyl groups is 1. The molecule has 3 aliphatic rings. The second-order valence-electron chi connectivity index (χ2n) is 26.7. The maximum Gasteiger partial charge on any atom is 0.435 e. The number of anilines is 6. The smallest absolute Gasteiger partial charge is 0.392 e. The molecule has 0 saturated carbocycles. The average molecular weight is 1730 g/mol. The number of amides is 3. The number of fused-ring (bicyclic) bond motifs is 3. The zero-order chi connectivity index (χ0) is 74.0. The number of ketones is 3. The molecule has 3 aliphatic carbocycles. The monoisotopic (exact) mass is 1730 g/mol. The van der Waals surface area contributed by atoms with E-state index in [0.717, 1.165) is 30.3 Å². The number of nitrogens with two attached hydrogens (primary N) is 3. The normalized spacial score (nSPS) is 15.2. The third-order valence-electron chi connectivity index (χ3n) is 16.7. The number of primary amides is 3. The van der Waals surface area contributed by atoms with E-state index in [-0.39, 0.29) is 113 Å². The summed E-state index contributed by atoms with van der Waals surface area (Å²) in [6.07, 6.45) is -13.6. The molecule has 0 radical (unpaired) electrons. The summed E-state index contributed by atoms with van der Waals surface area (Å²) in [4.78, 5) is 74.0. The molecule has 3 amide bonds. The lowest BCUT2D eigenvalue weighted by Crippen LogP contribution is -2.29. The summed E-state index contributed by atoms with van der Waals surface area (Å²) in [5, 5.41) is 30.1. The number of halogens is 12. The molecule has 9 aromatic rings. The Hall–Kier alpha value is -8.71. The highest BCUT2D eigenvalue weighted by Crippen LogP contribution is 2.46. The second-order valence-corrected chi connectivity index (χ2v) is 30.4. The number of carbonyl (C=O) groups is 6. The summed E-state index contributed by atoms with van der Waals surface area (Å²) in [6.45, 7) is 10.8. The zero-order valence-corrected chi connectivity index (χ0v) is 60.8. The summed E-state index contributed by atoms with van der Waals surface area (Å²) in [5.74, 6) is -3.86. The van der Waals surface area contributed by atoms with Crippen LogP contribution < -0.4 is 33.2 Å². The molecule has 10 N–H and O–H groups in total. The van der Waals surface area contributed by atoms with Crippen molar-refractivity contribution >= 4 is 137 Å². The van der Waals surface area contributed by atoms with Gasteiger partial charge in [0.15, 0.2) is 34.4 Å². The Labute approximate surface area is 612 Å². The average Bonchev–Trinajstić information content (AvgIpc) is 1.62. The number of nitrogens with one attached hydrogen (secondary N) is 3. The number of alkyl halides is 9. The van der Waals surface area contributed by atoms with Crippen LogP contribution in [0.5, 0.6) is 0 Å². The van der Waals surface area contributed by atoms with Crippen molar-refractivity contribution in [3.8, 4) is 17.1 Å². The Morgan fingerprint density at radius 1 is 0.465 bits per heavy atom. The first-order chi connectivity index (χ1) is 47.0. The first-order valence-electron chi connectivity index (χ1n) is 30.7. The number of hydrogen-bond acceptors (Lipinski definition) is 13. The summed E-state index contributed by atoms with van der Waals surface area (Å²) in [5.41, 5.74) is 15.6. The Kier molecular flexibility index (Phi) is 21.0. The molecule has 0 saturated heterocycles. The minimum Gasteiger partial charge on any atom is -0.392 e. The minimum atomic E-state index is -4.80. The fourth-order valence-electron chi connectivity index (χ4n) is 12.3. The molecule has 3 heterocycles. The number of Topliss-reactive ketones (excluding diaryl/α,β-unsaturated/α-hetero) is 3. The topological polar surface area (TPSA) is 290 Å². The number of hydrogen-bond donors (Lipinski definition) is 7. The van der Waals surface area contributed by atoms with Gasteiger partial charge in [0.05, 0.1) is 91.2 Å². The Balaban J connectivity index is 0.000000163. The highest BCUT2D eigenvalue weighted by Gasteiger charge is 2.49. The van der Waals surface area contributed by atoms with E-state index in [1.165, 1.54) is 54.6 Å². The van der Waals surface area contributed by atoms with Crippen LogP contribution in [-0.2, 0) is 44.4 Å². The highest BCUT2D eigenvalue weighted by atomic mass is 131. The third kappa shape index (κ3) is 16.6. The fraction of sp³-hybridized carbons (Fsp3) is 0.271. The molecule has 31 heteroatoms. The van der Waals surface area contributed by atoms with Gasteiger partial charge in [-0.05, 0) is 224 Å². The van der Waals surface area contributed by atoms with Crippen LogP contribution in [0.25, 0.3) is 17.1 Å². The SMILES string of the molecule is CC1(C)CC(=O)c2c(C(F)(F)F)nn(-c3ccc(C(N)=O)c(Nc4ccc(CO)c([124I])c4)c3)c2C1.CC1(C)CC(=O)c2c(C(F)(F)F)nn(-c3ccc(C(N)=O)c(Nc4ccc([124I])cc4)c3)c2C1.CC1(C)CC(=O)c2c(C(F)(F)F)nn(-c3ccc(C(N)=O)c(Nc4ccc([131I])cc4)c3)c2C1. The Morgan fingerprint density at radius 3 is 1.05 bits per heavy atom. The van der Waals surface area contributed by atoms with Crippen molar-refractivity contribution in [3.63, 3.8) is 0 Å². The maximum absolute atomic E-state index is 13.8. The van der Waals surface area contributed by atoms with E-state index in [0.29, 0.717) is 28.4 Å². The van der Waals surface area contributed by atoms with Crippen molar-refractivity contribution in [3.05, 3.63) is 205 Å². The quantitative estimate of drug-likeness (QED) is 0.0418. The molecule has 0 unspecified atom stereocenters. The van der Waals surface area contributed by atoms with Crippen LogP contribution in [0.4, 0.5) is 73.6 Å². The van der Waals surface area contributed by atoms with E-state index in [1.54, 1.807) is 42.5 Å². The Morgan fingerprint density at radius 2 is 0.762 bits per heavy atom. The molecular weight excluding hydrogens is 1670 g/mol. The van der Waals surface area contributed by atoms with Gasteiger partial charge >= 0.3 is 18.5 Å². The van der Waals surface area contributed by atoms with Crippen LogP contribution in [0.2, 0.25) is 0 Å². The Bertz CT molecular complexity index is 4630. The van der Waals surface area contributed by atoms with E-state index < -0.39 is 92.5 Å². The summed E-state index contributed by atoms with van der Waals surface area (Å²) >= 11 is 6.38. The van der Waals surface area contributed by atoms with Crippen molar-refractivity contribution < 1.29 is 73.4 Å². The zero-order valence-electron chi connectivity index (χ0n) is 54.3. The second kappa shape index (κ2) is 28.3. The van der Waals surface area contributed by atoms with E-state index in [4.69, 9.17) is 17.2 Å². The van der Waals surface area contributed by atoms with Crippen LogP contribution in [0, 0.1) is 27.0 Å². The first kappa shape index (κ1) is 75.0. The first-order valence-corrected chi connectivity index (χ1v) is 34.0. The van der Waals surface area contributed by atoms with Crippen LogP contribution in [0.1, 0.15) is 163 Å². The molecule has 101 heavy (non-hydrogen) atoms. The standard InChI is InChI=1S/C24H22F3IN4O3.2C23H20F3IN4O2/c1-23(2)9-18-20(19(34)10-23)21(24(25,26)27)31-32(18)14-5-6-15(22(29)35)17(8-14)30-13-4-3-12(11-33)16(28)7-13;2*1-22(2)10-17-19(18(32)11-22)20(23(24,25)26)30-31(17)14-7-8-15(21(28)33)16(9-14)29-13-5-3-12(27)4-6-13/h3-8,30,33H,9-11H2,1-2H3,(H2,29,35);2*3-9,29H,10-11H2,1-2H3,(H2,28,33)/i28-3;27+4;27-3. The lowest BCUT2D eigenvalue weighted by molar-refractivity contribution is -0.142. The van der Waals surface area contributed by atoms with Crippen LogP contribution >= 0.6 is 67.8 Å². The third-order valence-corrected chi connectivity index (χ3v) is 19.2. The molecule has 0 fully saturated rings. The molecule has 0 spiro atoms. The summed E-state index contributed by atoms with van der Waals surface area (Å²) in [7, 11) is 0. The summed E-state index contributed by atoms with van der Waals surface area (Å²) < 4.78 is 130. The van der Waals surface area contributed by atoms with E-state index in [1.807, 2.05) is 65.8 Å². The van der Waals surface area contributed by atoms with Gasteiger partial charge in [0.25, 0.3) is 17.7 Å². The van der Waals surface area contributed by atoms with Gasteiger partial charge in [-0.15, -0.1) is 0 Å². The van der Waals surface area contributed by atoms with Gasteiger partial charge in [0.2, 0.25) is 0 Å². The van der Waals surface area contributed by atoms with Gasteiger partial charge < -0.3 is 38.3 Å². The van der Waals surface area contributed by atoms with E-state index in [9.17, 15) is 73.4 Å². The number of benzene rings is 6. The lowest BCUT2D eigenvalue weighted by Gasteiger charge is -2.29. The van der Waals surface area contributed by atoms with Crippen molar-refractivity contribution in [2.75, 3.05) is 16.0 Å². The van der Waals surface area contributed by atoms with Gasteiger partial charge in [-0.1, -0.05) is 47.6 Å². The molecule has 0 atom stereocenters. The number of aromatic nitrogens is 6. The fourth-order valence-corrected chi connectivity index (χ4v) is 13.7. The molecule has 19 nitrogen and oxygen atoms in total. The van der Waals surface area contributed by atoms with Crippen LogP contribution in [-0.4, -0.2) is 69.5 Å². The van der Waals surface area contributed by atoms with Crippen molar-refractivity contribution in [1.82, 2.24) is 29.3 Å². The van der Waals surface area contributed by atoms with Gasteiger partial charge in [-0.25, -0.2) is 14.0 Å². The molecule has 0 aliphatic heterocycles. The number of carbonyl (C=O) groups excluding carboxylic acids is 6. The van der Waals surface area contributed by atoms with E-state index in [2.05, 4.69) is 99.0 Å². The van der Waals surface area contributed by atoms with Crippen LogP contribution in [0.15, 0.2) is 121 Å². The van der Waals surface area contributed by atoms with Crippen LogP contribution in [0.3, 0.4) is 0 Å². The van der Waals surface area contributed by atoms with Gasteiger partial charge in [0, 0.05) is 47.0 Å². The van der Waals surface area contributed by atoms with Gasteiger partial charge in [0.1, 0.15) is 0 Å². The largest absolute Gasteiger partial charge is 0.435 e.